The van der Waals surface area contributed by atoms with Gasteiger partial charge in [0.05, 0.1) is 18.3 Å². The molecule has 0 saturated heterocycles. The summed E-state index contributed by atoms with van der Waals surface area (Å²) in [6.07, 6.45) is 3.18. The molecule has 3 aromatic rings. The number of anilines is 1. The van der Waals surface area contributed by atoms with E-state index in [4.69, 9.17) is 14.3 Å². The zero-order valence-corrected chi connectivity index (χ0v) is 14.8. The Hall–Kier alpha value is -3.27. The van der Waals surface area contributed by atoms with Crippen LogP contribution in [0.2, 0.25) is 0 Å². The molecule has 138 valence electrons. The summed E-state index contributed by atoms with van der Waals surface area (Å²) < 4.78 is 7.29. The molecule has 3 rings (SSSR count). The number of rotatable bonds is 6. The molecule has 0 amide bonds. The normalized spacial score (nSPS) is 11.5. The lowest BCUT2D eigenvalue weighted by Crippen LogP contribution is -2.10. The van der Waals surface area contributed by atoms with E-state index in [-0.39, 0.29) is 12.5 Å². The lowest BCUT2D eigenvalue weighted by molar-refractivity contribution is -0.122. The van der Waals surface area contributed by atoms with Gasteiger partial charge in [0.25, 0.3) is 6.47 Å². The summed E-state index contributed by atoms with van der Waals surface area (Å²) in [5.41, 5.74) is 2.07. The van der Waals surface area contributed by atoms with Crippen molar-refractivity contribution in [1.29, 1.82) is 0 Å². The van der Waals surface area contributed by atoms with Crippen molar-refractivity contribution < 1.29 is 14.3 Å². The second kappa shape index (κ2) is 9.28. The Morgan fingerprint density at radius 2 is 2.00 bits per heavy atom. The fraction of sp³-hybridized carbons (Fsp3) is 0.312. The maximum atomic E-state index is 8.36. The molecule has 0 aliphatic carbocycles. The van der Waals surface area contributed by atoms with Crippen molar-refractivity contribution in [2.75, 3.05) is 19.4 Å². The van der Waals surface area contributed by atoms with Crippen molar-refractivity contribution in [3.05, 3.63) is 48.4 Å². The maximum absolute atomic E-state index is 8.36. The van der Waals surface area contributed by atoms with Gasteiger partial charge >= 0.3 is 6.01 Å². The zero-order chi connectivity index (χ0) is 18.9. The monoisotopic (exact) mass is 359 g/mol. The molecule has 1 atom stereocenters. The van der Waals surface area contributed by atoms with E-state index in [1.807, 2.05) is 50.2 Å². The van der Waals surface area contributed by atoms with E-state index in [0.717, 1.165) is 11.3 Å². The number of nitrogens with one attached hydrogen (secondary N) is 1. The van der Waals surface area contributed by atoms with E-state index >= 15 is 0 Å². The summed E-state index contributed by atoms with van der Waals surface area (Å²) in [6, 6.07) is 8.53. The minimum absolute atomic E-state index is 0.0486. The molecule has 0 radical (unpaired) electrons. The van der Waals surface area contributed by atoms with Crippen LogP contribution >= 0.6 is 0 Å². The van der Waals surface area contributed by atoms with Gasteiger partial charge in [-0.15, -0.1) is 5.10 Å². The third kappa shape index (κ3) is 5.38. The fourth-order valence-corrected chi connectivity index (χ4v) is 2.17. The zero-order valence-electron chi connectivity index (χ0n) is 14.8. The number of hydrogen-bond donors (Lipinski definition) is 2. The van der Waals surface area contributed by atoms with E-state index in [9.17, 15) is 0 Å². The van der Waals surface area contributed by atoms with Crippen molar-refractivity contribution in [1.82, 2.24) is 29.9 Å². The largest absolute Gasteiger partial charge is 0.483 e. The minimum Gasteiger partial charge on any atom is -0.483 e. The molecule has 0 saturated carbocycles. The highest BCUT2D eigenvalue weighted by Crippen LogP contribution is 2.20. The SMILES string of the molecule is CC(Nc1nnc(CN(C)C)o1)c1ccc(-n2cncn2)cc1.O=CO. The average molecular weight is 359 g/mol. The quantitative estimate of drug-likeness (QED) is 0.631. The second-order valence-corrected chi connectivity index (χ2v) is 5.64. The summed E-state index contributed by atoms with van der Waals surface area (Å²) in [4.78, 5) is 14.3. The van der Waals surface area contributed by atoms with Crippen molar-refractivity contribution in [3.8, 4) is 5.69 Å². The highest BCUT2D eigenvalue weighted by atomic mass is 16.4. The highest BCUT2D eigenvalue weighted by Gasteiger charge is 2.11. The summed E-state index contributed by atoms with van der Waals surface area (Å²) in [6.45, 7) is 2.41. The van der Waals surface area contributed by atoms with Crippen LogP contribution in [0.25, 0.3) is 5.69 Å². The van der Waals surface area contributed by atoms with Crippen LogP contribution in [-0.4, -0.2) is 55.5 Å². The van der Waals surface area contributed by atoms with Crippen LogP contribution in [0.5, 0.6) is 0 Å². The van der Waals surface area contributed by atoms with Gasteiger partial charge in [-0.2, -0.15) is 5.10 Å². The smallest absolute Gasteiger partial charge is 0.315 e. The maximum Gasteiger partial charge on any atom is 0.315 e. The van der Waals surface area contributed by atoms with Crippen LogP contribution in [0, 0.1) is 0 Å². The molecule has 2 heterocycles. The van der Waals surface area contributed by atoms with Crippen LogP contribution in [0.4, 0.5) is 6.01 Å². The van der Waals surface area contributed by atoms with Gasteiger partial charge in [-0.25, -0.2) is 9.67 Å². The first-order chi connectivity index (χ1) is 12.5. The number of carboxylic acid groups (broad SMARTS) is 1. The van der Waals surface area contributed by atoms with Gasteiger partial charge < -0.3 is 19.7 Å². The summed E-state index contributed by atoms with van der Waals surface area (Å²) in [5.74, 6) is 0.589. The molecule has 0 fully saturated rings. The molecule has 0 bridgehead atoms. The topological polar surface area (TPSA) is 122 Å². The predicted octanol–water partition coefficient (Wildman–Crippen LogP) is 1.59. The van der Waals surface area contributed by atoms with Crippen LogP contribution in [-0.2, 0) is 11.3 Å². The molecule has 0 spiro atoms. The third-order valence-electron chi connectivity index (χ3n) is 3.33. The van der Waals surface area contributed by atoms with Crippen LogP contribution in [0.1, 0.15) is 24.4 Å². The molecule has 0 aliphatic rings. The average Bonchev–Trinajstić information content (AvgIpc) is 3.27. The molecule has 0 aliphatic heterocycles. The van der Waals surface area contributed by atoms with Gasteiger partial charge in [0.2, 0.25) is 5.89 Å². The van der Waals surface area contributed by atoms with Gasteiger partial charge in [0, 0.05) is 0 Å². The Morgan fingerprint density at radius 1 is 1.31 bits per heavy atom. The van der Waals surface area contributed by atoms with Gasteiger partial charge in [-0.1, -0.05) is 17.2 Å². The first-order valence-corrected chi connectivity index (χ1v) is 7.80. The van der Waals surface area contributed by atoms with Crippen molar-refractivity contribution in [2.24, 2.45) is 0 Å². The van der Waals surface area contributed by atoms with Gasteiger partial charge in [-0.05, 0) is 38.7 Å². The molecule has 2 N–H and O–H groups in total. The summed E-state index contributed by atoms with van der Waals surface area (Å²) in [5, 5.41) is 22.2. The second-order valence-electron chi connectivity index (χ2n) is 5.64. The van der Waals surface area contributed by atoms with Gasteiger partial charge in [-0.3, -0.25) is 4.79 Å². The highest BCUT2D eigenvalue weighted by molar-refractivity contribution is 5.36. The lowest BCUT2D eigenvalue weighted by atomic mass is 10.1. The first kappa shape index (κ1) is 19.1. The van der Waals surface area contributed by atoms with Crippen molar-refractivity contribution in [2.45, 2.75) is 19.5 Å². The number of aromatic nitrogens is 5. The minimum atomic E-state index is -0.250. The number of hydrogen-bond acceptors (Lipinski definition) is 8. The molecule has 1 aromatic carbocycles. The van der Waals surface area contributed by atoms with E-state index in [1.54, 1.807) is 11.0 Å². The number of benzene rings is 1. The van der Waals surface area contributed by atoms with E-state index in [0.29, 0.717) is 18.5 Å². The fourth-order valence-electron chi connectivity index (χ4n) is 2.17. The summed E-state index contributed by atoms with van der Waals surface area (Å²) in [7, 11) is 3.91. The first-order valence-electron chi connectivity index (χ1n) is 7.80. The van der Waals surface area contributed by atoms with Crippen molar-refractivity contribution >= 4 is 12.5 Å². The van der Waals surface area contributed by atoms with Gasteiger partial charge in [0.1, 0.15) is 12.7 Å². The van der Waals surface area contributed by atoms with Crippen LogP contribution in [0.15, 0.2) is 41.3 Å². The molecular weight excluding hydrogens is 338 g/mol. The Labute approximate surface area is 150 Å². The third-order valence-corrected chi connectivity index (χ3v) is 3.33. The molecule has 1 unspecified atom stereocenters. The molecular formula is C16H21N7O3. The number of nitrogens with zero attached hydrogens (tertiary/aromatic N) is 6. The van der Waals surface area contributed by atoms with E-state index < -0.39 is 0 Å². The lowest BCUT2D eigenvalue weighted by Gasteiger charge is -2.12. The summed E-state index contributed by atoms with van der Waals surface area (Å²) >= 11 is 0. The van der Waals surface area contributed by atoms with Crippen molar-refractivity contribution in [3.63, 3.8) is 0 Å². The van der Waals surface area contributed by atoms with Crippen LogP contribution < -0.4 is 5.32 Å². The van der Waals surface area contributed by atoms with E-state index in [1.165, 1.54) is 6.33 Å². The van der Waals surface area contributed by atoms with Gasteiger partial charge in [0.15, 0.2) is 0 Å². The Bertz CT molecular complexity index is 785. The number of carbonyl (C=O) groups is 1. The molecule has 10 heteroatoms. The Balaban J connectivity index is 0.000000758. The van der Waals surface area contributed by atoms with Crippen LogP contribution in [0.3, 0.4) is 0 Å². The standard InChI is InChI=1S/C15H19N7O.CH2O2/c1-11(18-15-20-19-14(23-15)8-21(2)3)12-4-6-13(7-5-12)22-10-16-9-17-22;2-1-3/h4-7,9-11H,8H2,1-3H3,(H,18,20);1H,(H,2,3). The molecule has 2 aromatic heterocycles. The Morgan fingerprint density at radius 3 is 2.58 bits per heavy atom. The molecule has 10 nitrogen and oxygen atoms in total. The van der Waals surface area contributed by atoms with E-state index in [2.05, 4.69) is 25.6 Å². The Kier molecular flexibility index (Phi) is 6.80. The molecule has 26 heavy (non-hydrogen) atoms. The predicted molar refractivity (Wildman–Crippen MR) is 93.8 cm³/mol.